The number of aromatic nitrogens is 2. The second-order valence-corrected chi connectivity index (χ2v) is 9.60. The fraction of sp³-hybridized carbons (Fsp3) is 0.241. The maximum atomic E-state index is 13.7. The molecule has 0 bridgehead atoms. The highest BCUT2D eigenvalue weighted by molar-refractivity contribution is 6.30. The molecule has 0 aliphatic carbocycles. The number of nitrogens with one attached hydrogen (secondary N) is 1. The third kappa shape index (κ3) is 4.40. The molecular formula is C29H26ClN3O4. The summed E-state index contributed by atoms with van der Waals surface area (Å²) in [6.07, 6.45) is 2.08. The molecule has 3 heterocycles. The molecule has 188 valence electrons. The van der Waals surface area contributed by atoms with Crippen molar-refractivity contribution in [3.05, 3.63) is 94.1 Å². The Labute approximate surface area is 219 Å². The lowest BCUT2D eigenvalue weighted by atomic mass is 9.96. The summed E-state index contributed by atoms with van der Waals surface area (Å²) in [6, 6.07) is 20.9. The molecule has 0 saturated carbocycles. The van der Waals surface area contributed by atoms with Crippen molar-refractivity contribution in [2.75, 3.05) is 13.4 Å². The molecule has 2 aliphatic heterocycles. The zero-order chi connectivity index (χ0) is 25.4. The highest BCUT2D eigenvalue weighted by Crippen LogP contribution is 2.44. The topological polar surface area (TPSA) is 76.7 Å². The van der Waals surface area contributed by atoms with E-state index >= 15 is 0 Å². The Morgan fingerprint density at radius 2 is 1.84 bits per heavy atom. The first kappa shape index (κ1) is 23.4. The summed E-state index contributed by atoms with van der Waals surface area (Å²) in [7, 11) is 0. The van der Waals surface area contributed by atoms with Crippen molar-refractivity contribution in [2.24, 2.45) is 0 Å². The van der Waals surface area contributed by atoms with E-state index in [-0.39, 0.29) is 18.7 Å². The number of fused-ring (bicyclic) bond motifs is 2. The molecular weight excluding hydrogens is 490 g/mol. The molecule has 4 aromatic rings. The van der Waals surface area contributed by atoms with Gasteiger partial charge in [0.15, 0.2) is 11.5 Å². The summed E-state index contributed by atoms with van der Waals surface area (Å²) in [5.41, 5.74) is 4.91. The predicted octanol–water partition coefficient (Wildman–Crippen LogP) is 6.38. The van der Waals surface area contributed by atoms with Crippen molar-refractivity contribution in [3.8, 4) is 28.5 Å². The number of ether oxygens (including phenoxy) is 3. The highest BCUT2D eigenvalue weighted by Gasteiger charge is 2.42. The van der Waals surface area contributed by atoms with Crippen LogP contribution < -0.4 is 14.2 Å². The van der Waals surface area contributed by atoms with Crippen LogP contribution in [0.4, 0.5) is 0 Å². The molecule has 37 heavy (non-hydrogen) atoms. The van der Waals surface area contributed by atoms with Gasteiger partial charge in [-0.05, 0) is 53.9 Å². The number of nitrogens with zero attached hydrogens (tertiary/aromatic N) is 2. The molecule has 1 aromatic heterocycles. The van der Waals surface area contributed by atoms with Gasteiger partial charge < -0.3 is 19.1 Å². The van der Waals surface area contributed by atoms with Gasteiger partial charge in [-0.25, -0.2) is 0 Å². The Hall–Kier alpha value is -3.97. The standard InChI is InChI=1S/C29H26ClN3O4/c1-2-3-14-35-22-11-7-20(8-12-22)28-25-26(19-5-9-21(30)10-6-19)31-32-27(25)29(34)33(28)16-18-4-13-23-24(15-18)37-17-36-23/h4-13,15,28H,2-3,14,16-17H2,1H3,(H,31,32). The number of unbranched alkanes of at least 4 members (excludes halogenated alkanes) is 1. The van der Waals surface area contributed by atoms with Crippen molar-refractivity contribution < 1.29 is 19.0 Å². The van der Waals surface area contributed by atoms with Crippen LogP contribution in [0.25, 0.3) is 11.3 Å². The van der Waals surface area contributed by atoms with Crippen molar-refractivity contribution >= 4 is 17.5 Å². The van der Waals surface area contributed by atoms with E-state index in [1.54, 1.807) is 0 Å². The van der Waals surface area contributed by atoms with Gasteiger partial charge in [-0.15, -0.1) is 0 Å². The molecule has 1 atom stereocenters. The predicted molar refractivity (Wildman–Crippen MR) is 140 cm³/mol. The van der Waals surface area contributed by atoms with Crippen LogP contribution >= 0.6 is 11.6 Å². The second-order valence-electron chi connectivity index (χ2n) is 9.16. The molecule has 0 spiro atoms. The molecule has 3 aromatic carbocycles. The van der Waals surface area contributed by atoms with Crippen LogP contribution in [0.3, 0.4) is 0 Å². The van der Waals surface area contributed by atoms with Crippen molar-refractivity contribution in [1.29, 1.82) is 0 Å². The molecule has 1 amide bonds. The molecule has 1 N–H and O–H groups in total. The van der Waals surface area contributed by atoms with Crippen LogP contribution in [0, 0.1) is 0 Å². The number of benzene rings is 3. The maximum absolute atomic E-state index is 13.7. The Kier molecular flexibility index (Phi) is 6.22. The lowest BCUT2D eigenvalue weighted by molar-refractivity contribution is 0.0730. The van der Waals surface area contributed by atoms with Crippen LogP contribution in [0.15, 0.2) is 66.7 Å². The van der Waals surface area contributed by atoms with Crippen LogP contribution in [0.5, 0.6) is 17.2 Å². The van der Waals surface area contributed by atoms with Gasteiger partial charge in [0.25, 0.3) is 5.91 Å². The van der Waals surface area contributed by atoms with E-state index in [1.807, 2.05) is 71.6 Å². The number of hydrogen-bond donors (Lipinski definition) is 1. The molecule has 0 radical (unpaired) electrons. The lowest BCUT2D eigenvalue weighted by Gasteiger charge is -2.27. The first-order valence-corrected chi connectivity index (χ1v) is 12.8. The van der Waals surface area contributed by atoms with Crippen LogP contribution in [-0.4, -0.2) is 34.4 Å². The number of amides is 1. The van der Waals surface area contributed by atoms with Gasteiger partial charge in [-0.1, -0.05) is 55.3 Å². The van der Waals surface area contributed by atoms with E-state index in [9.17, 15) is 4.79 Å². The number of H-pyrrole nitrogens is 1. The number of halogens is 1. The molecule has 2 aliphatic rings. The van der Waals surface area contributed by atoms with Gasteiger partial charge in [0.2, 0.25) is 6.79 Å². The van der Waals surface area contributed by atoms with E-state index < -0.39 is 0 Å². The van der Waals surface area contributed by atoms with Gasteiger partial charge in [0.1, 0.15) is 11.4 Å². The minimum atomic E-state index is -0.331. The fourth-order valence-corrected chi connectivity index (χ4v) is 4.98. The zero-order valence-electron chi connectivity index (χ0n) is 20.4. The second kappa shape index (κ2) is 9.82. The van der Waals surface area contributed by atoms with E-state index in [0.29, 0.717) is 35.4 Å². The summed E-state index contributed by atoms with van der Waals surface area (Å²) in [4.78, 5) is 15.6. The van der Waals surface area contributed by atoms with Crippen molar-refractivity contribution in [1.82, 2.24) is 15.1 Å². The number of rotatable bonds is 8. The van der Waals surface area contributed by atoms with E-state index in [2.05, 4.69) is 17.1 Å². The van der Waals surface area contributed by atoms with Crippen LogP contribution in [0.1, 0.15) is 53.0 Å². The van der Waals surface area contributed by atoms with E-state index in [4.69, 9.17) is 25.8 Å². The number of aromatic amines is 1. The monoisotopic (exact) mass is 515 g/mol. The third-order valence-corrected chi connectivity index (χ3v) is 6.99. The average Bonchev–Trinajstić information content (AvgIpc) is 3.62. The summed E-state index contributed by atoms with van der Waals surface area (Å²) in [5, 5.41) is 8.20. The smallest absolute Gasteiger partial charge is 0.273 e. The Balaban J connectivity index is 1.39. The average molecular weight is 516 g/mol. The maximum Gasteiger partial charge on any atom is 0.273 e. The van der Waals surface area contributed by atoms with E-state index in [1.165, 1.54) is 0 Å². The molecule has 6 rings (SSSR count). The number of carbonyl (C=O) groups is 1. The van der Waals surface area contributed by atoms with Gasteiger partial charge in [0.05, 0.1) is 18.3 Å². The Bertz CT molecular complexity index is 1430. The summed E-state index contributed by atoms with van der Waals surface area (Å²) >= 11 is 6.13. The molecule has 1 unspecified atom stereocenters. The zero-order valence-corrected chi connectivity index (χ0v) is 21.1. The molecule has 8 heteroatoms. The number of hydrogen-bond acceptors (Lipinski definition) is 5. The SMILES string of the molecule is CCCCOc1ccc(C2c3c(-c4ccc(Cl)cc4)n[nH]c3C(=O)N2Cc2ccc3c(c2)OCO3)cc1. The Morgan fingerprint density at radius 1 is 1.05 bits per heavy atom. The van der Waals surface area contributed by atoms with Gasteiger partial charge in [-0.2, -0.15) is 5.10 Å². The normalized spacial score (nSPS) is 15.8. The van der Waals surface area contributed by atoms with Crippen molar-refractivity contribution in [2.45, 2.75) is 32.4 Å². The number of carbonyl (C=O) groups excluding carboxylic acids is 1. The van der Waals surface area contributed by atoms with Gasteiger partial charge in [0, 0.05) is 22.7 Å². The quantitative estimate of drug-likeness (QED) is 0.275. The van der Waals surface area contributed by atoms with Crippen LogP contribution in [0.2, 0.25) is 5.02 Å². The molecule has 0 saturated heterocycles. The molecule has 0 fully saturated rings. The van der Waals surface area contributed by atoms with Crippen molar-refractivity contribution in [3.63, 3.8) is 0 Å². The van der Waals surface area contributed by atoms with Gasteiger partial charge in [-0.3, -0.25) is 9.89 Å². The highest BCUT2D eigenvalue weighted by atomic mass is 35.5. The summed E-state index contributed by atoms with van der Waals surface area (Å²) < 4.78 is 16.9. The molecule has 7 nitrogen and oxygen atoms in total. The fourth-order valence-electron chi connectivity index (χ4n) is 4.85. The van der Waals surface area contributed by atoms with Crippen LogP contribution in [-0.2, 0) is 6.54 Å². The largest absolute Gasteiger partial charge is 0.494 e. The first-order chi connectivity index (χ1) is 18.1. The van der Waals surface area contributed by atoms with E-state index in [0.717, 1.165) is 46.5 Å². The summed E-state index contributed by atoms with van der Waals surface area (Å²) in [5.74, 6) is 2.12. The third-order valence-electron chi connectivity index (χ3n) is 6.73. The summed E-state index contributed by atoms with van der Waals surface area (Å²) in [6.45, 7) is 3.43. The van der Waals surface area contributed by atoms with Gasteiger partial charge >= 0.3 is 0 Å². The first-order valence-electron chi connectivity index (χ1n) is 12.4. The Morgan fingerprint density at radius 3 is 2.62 bits per heavy atom. The minimum Gasteiger partial charge on any atom is -0.494 e. The minimum absolute atomic E-state index is 0.103. The lowest BCUT2D eigenvalue weighted by Crippen LogP contribution is -2.29.